The second-order valence-corrected chi connectivity index (χ2v) is 3.78. The van der Waals surface area contributed by atoms with E-state index in [1.807, 2.05) is 18.2 Å². The highest BCUT2D eigenvalue weighted by atomic mass is 35.5. The van der Waals surface area contributed by atoms with Gasteiger partial charge in [0, 0.05) is 5.02 Å². The van der Waals surface area contributed by atoms with Crippen LogP contribution >= 0.6 is 11.6 Å². The molecule has 1 aromatic rings. The highest BCUT2D eigenvalue weighted by molar-refractivity contribution is 6.30. The summed E-state index contributed by atoms with van der Waals surface area (Å²) in [6.45, 7) is 0. The first kappa shape index (κ1) is 8.57. The first-order valence-electron chi connectivity index (χ1n) is 4.17. The molecule has 3 heteroatoms. The van der Waals surface area contributed by atoms with Crippen LogP contribution in [0.1, 0.15) is 17.9 Å². The van der Waals surface area contributed by atoms with E-state index < -0.39 is 5.97 Å². The van der Waals surface area contributed by atoms with Crippen molar-refractivity contribution in [3.8, 4) is 0 Å². The molecular weight excluding hydrogens is 188 g/mol. The molecule has 1 aliphatic carbocycles. The molecule has 0 unspecified atom stereocenters. The molecule has 1 aliphatic rings. The van der Waals surface area contributed by atoms with Crippen molar-refractivity contribution in [3.05, 3.63) is 34.9 Å². The maximum absolute atomic E-state index is 10.6. The minimum Gasteiger partial charge on any atom is -0.481 e. The molecule has 1 N–H and O–H groups in total. The Labute approximate surface area is 81.1 Å². The number of halogens is 1. The maximum atomic E-state index is 10.6. The lowest BCUT2D eigenvalue weighted by molar-refractivity contribution is -0.138. The van der Waals surface area contributed by atoms with Gasteiger partial charge in [-0.15, -0.1) is 0 Å². The van der Waals surface area contributed by atoms with Gasteiger partial charge in [-0.05, 0) is 30.0 Å². The maximum Gasteiger partial charge on any atom is 0.307 e. The summed E-state index contributed by atoms with van der Waals surface area (Å²) in [6.07, 6.45) is 0.746. The van der Waals surface area contributed by atoms with Crippen LogP contribution in [0.3, 0.4) is 0 Å². The number of carboxylic acid groups (broad SMARTS) is 1. The Morgan fingerprint density at radius 2 is 2.31 bits per heavy atom. The van der Waals surface area contributed by atoms with Gasteiger partial charge in [0.15, 0.2) is 0 Å². The van der Waals surface area contributed by atoms with Gasteiger partial charge in [-0.2, -0.15) is 0 Å². The van der Waals surface area contributed by atoms with Crippen molar-refractivity contribution in [2.24, 2.45) is 5.92 Å². The van der Waals surface area contributed by atoms with Crippen LogP contribution in [0.15, 0.2) is 24.3 Å². The zero-order valence-electron chi connectivity index (χ0n) is 6.90. The van der Waals surface area contributed by atoms with Crippen molar-refractivity contribution >= 4 is 17.6 Å². The topological polar surface area (TPSA) is 37.3 Å². The summed E-state index contributed by atoms with van der Waals surface area (Å²) in [5.74, 6) is -0.723. The van der Waals surface area contributed by atoms with E-state index in [-0.39, 0.29) is 11.8 Å². The zero-order chi connectivity index (χ0) is 9.42. The lowest BCUT2D eigenvalue weighted by Crippen LogP contribution is -1.98. The normalized spacial score (nSPS) is 25.6. The molecule has 1 aromatic carbocycles. The molecule has 2 nitrogen and oxygen atoms in total. The van der Waals surface area contributed by atoms with E-state index in [0.29, 0.717) is 5.02 Å². The molecular formula is C10H9ClO2. The number of hydrogen-bond acceptors (Lipinski definition) is 1. The molecule has 0 amide bonds. The second kappa shape index (κ2) is 3.04. The van der Waals surface area contributed by atoms with Crippen LogP contribution in [-0.4, -0.2) is 11.1 Å². The van der Waals surface area contributed by atoms with Crippen LogP contribution in [0.2, 0.25) is 5.02 Å². The fourth-order valence-electron chi connectivity index (χ4n) is 1.57. The fourth-order valence-corrected chi connectivity index (χ4v) is 1.77. The highest BCUT2D eigenvalue weighted by Gasteiger charge is 2.44. The SMILES string of the molecule is O=C(O)[C@@H]1C[C@H]1c1cccc(Cl)c1. The third-order valence-electron chi connectivity index (χ3n) is 2.38. The molecule has 0 bridgehead atoms. The predicted molar refractivity (Wildman–Crippen MR) is 49.9 cm³/mol. The van der Waals surface area contributed by atoms with Crippen LogP contribution in [0.5, 0.6) is 0 Å². The lowest BCUT2D eigenvalue weighted by atomic mass is 10.1. The Balaban J connectivity index is 2.16. The summed E-state index contributed by atoms with van der Waals surface area (Å²) in [4.78, 5) is 10.6. The Kier molecular flexibility index (Phi) is 2.00. The number of aliphatic carboxylic acids is 1. The molecule has 0 heterocycles. The van der Waals surface area contributed by atoms with Gasteiger partial charge < -0.3 is 5.11 Å². The van der Waals surface area contributed by atoms with E-state index in [1.54, 1.807) is 6.07 Å². The molecule has 0 radical (unpaired) electrons. The van der Waals surface area contributed by atoms with E-state index >= 15 is 0 Å². The summed E-state index contributed by atoms with van der Waals surface area (Å²) in [6, 6.07) is 7.42. The summed E-state index contributed by atoms with van der Waals surface area (Å²) in [7, 11) is 0. The third-order valence-corrected chi connectivity index (χ3v) is 2.62. The monoisotopic (exact) mass is 196 g/mol. The smallest absolute Gasteiger partial charge is 0.307 e. The fraction of sp³-hybridized carbons (Fsp3) is 0.300. The average Bonchev–Trinajstić information content (AvgIpc) is 2.82. The van der Waals surface area contributed by atoms with E-state index in [1.165, 1.54) is 0 Å². The quantitative estimate of drug-likeness (QED) is 0.789. The van der Waals surface area contributed by atoms with E-state index in [2.05, 4.69) is 0 Å². The van der Waals surface area contributed by atoms with Gasteiger partial charge in [0.2, 0.25) is 0 Å². The van der Waals surface area contributed by atoms with Crippen LogP contribution in [0.4, 0.5) is 0 Å². The Hall–Kier alpha value is -1.02. The van der Waals surface area contributed by atoms with Gasteiger partial charge in [0.1, 0.15) is 0 Å². The van der Waals surface area contributed by atoms with Crippen molar-refractivity contribution < 1.29 is 9.90 Å². The van der Waals surface area contributed by atoms with Crippen LogP contribution in [0.25, 0.3) is 0 Å². The Bertz CT molecular complexity index is 349. The van der Waals surface area contributed by atoms with Crippen LogP contribution in [0, 0.1) is 5.92 Å². The molecule has 68 valence electrons. The van der Waals surface area contributed by atoms with E-state index in [0.717, 1.165) is 12.0 Å². The molecule has 0 aromatic heterocycles. The molecule has 0 aliphatic heterocycles. The summed E-state index contributed by atoms with van der Waals surface area (Å²) in [5.41, 5.74) is 1.04. The number of benzene rings is 1. The minimum atomic E-state index is -0.704. The molecule has 0 saturated heterocycles. The van der Waals surface area contributed by atoms with Gasteiger partial charge in [0.05, 0.1) is 5.92 Å². The van der Waals surface area contributed by atoms with E-state index in [4.69, 9.17) is 16.7 Å². The Morgan fingerprint density at radius 3 is 2.85 bits per heavy atom. The third kappa shape index (κ3) is 1.68. The molecule has 0 spiro atoms. The summed E-state index contributed by atoms with van der Waals surface area (Å²) >= 11 is 5.80. The largest absolute Gasteiger partial charge is 0.481 e. The van der Waals surface area contributed by atoms with Crippen molar-refractivity contribution in [2.45, 2.75) is 12.3 Å². The van der Waals surface area contributed by atoms with Crippen LogP contribution in [-0.2, 0) is 4.79 Å². The molecule has 2 atom stereocenters. The number of carboxylic acids is 1. The summed E-state index contributed by atoms with van der Waals surface area (Å²) in [5, 5.41) is 9.40. The zero-order valence-corrected chi connectivity index (χ0v) is 7.66. The number of rotatable bonds is 2. The predicted octanol–water partition coefficient (Wildman–Crippen LogP) is 2.53. The van der Waals surface area contributed by atoms with Crippen LogP contribution < -0.4 is 0 Å². The summed E-state index contributed by atoms with van der Waals surface area (Å²) < 4.78 is 0. The first-order valence-corrected chi connectivity index (χ1v) is 4.54. The van der Waals surface area contributed by atoms with Crippen molar-refractivity contribution in [3.63, 3.8) is 0 Å². The molecule has 13 heavy (non-hydrogen) atoms. The molecule has 1 fully saturated rings. The van der Waals surface area contributed by atoms with E-state index in [9.17, 15) is 4.79 Å². The number of carbonyl (C=O) groups is 1. The van der Waals surface area contributed by atoms with Crippen molar-refractivity contribution in [2.75, 3.05) is 0 Å². The van der Waals surface area contributed by atoms with Crippen molar-refractivity contribution in [1.29, 1.82) is 0 Å². The van der Waals surface area contributed by atoms with Gasteiger partial charge in [0.25, 0.3) is 0 Å². The number of hydrogen-bond donors (Lipinski definition) is 1. The van der Waals surface area contributed by atoms with Gasteiger partial charge in [-0.3, -0.25) is 4.79 Å². The molecule has 2 rings (SSSR count). The average molecular weight is 197 g/mol. The van der Waals surface area contributed by atoms with Gasteiger partial charge in [-0.1, -0.05) is 23.7 Å². The second-order valence-electron chi connectivity index (χ2n) is 3.34. The minimum absolute atomic E-state index is 0.177. The van der Waals surface area contributed by atoms with Gasteiger partial charge in [-0.25, -0.2) is 0 Å². The molecule has 1 saturated carbocycles. The first-order chi connectivity index (χ1) is 6.18. The standard InChI is InChI=1S/C10H9ClO2/c11-7-3-1-2-6(4-7)8-5-9(8)10(12)13/h1-4,8-9H,5H2,(H,12,13)/t8-,9+/m0/s1. The van der Waals surface area contributed by atoms with Crippen molar-refractivity contribution in [1.82, 2.24) is 0 Å². The highest BCUT2D eigenvalue weighted by Crippen LogP contribution is 2.47. The lowest BCUT2D eigenvalue weighted by Gasteiger charge is -1.98. The Morgan fingerprint density at radius 1 is 1.54 bits per heavy atom. The van der Waals surface area contributed by atoms with Gasteiger partial charge >= 0.3 is 5.97 Å².